The molecule has 1 aliphatic carbocycles. The van der Waals surface area contributed by atoms with Crippen LogP contribution in [0.3, 0.4) is 0 Å². The van der Waals surface area contributed by atoms with Gasteiger partial charge in [-0.25, -0.2) is 0 Å². The summed E-state index contributed by atoms with van der Waals surface area (Å²) in [6, 6.07) is 5.97. The molecule has 2 rings (SSSR count). The Labute approximate surface area is 114 Å². The van der Waals surface area contributed by atoms with Gasteiger partial charge in [0.15, 0.2) is 6.61 Å². The lowest BCUT2D eigenvalue weighted by molar-refractivity contribution is -0.124. The van der Waals surface area contributed by atoms with Gasteiger partial charge in [0.2, 0.25) is 0 Å². The van der Waals surface area contributed by atoms with Crippen LogP contribution in [0.1, 0.15) is 44.4 Å². The molecule has 0 fully saturated rings. The molecule has 4 nitrogen and oxygen atoms in total. The molecule has 19 heavy (non-hydrogen) atoms. The van der Waals surface area contributed by atoms with E-state index in [4.69, 9.17) is 10.5 Å². The van der Waals surface area contributed by atoms with Crippen molar-refractivity contribution in [2.45, 2.75) is 45.2 Å². The van der Waals surface area contributed by atoms with E-state index in [9.17, 15) is 4.79 Å². The van der Waals surface area contributed by atoms with Crippen molar-refractivity contribution >= 4 is 5.91 Å². The number of fused-ring (bicyclic) bond motifs is 1. The molecule has 0 spiro atoms. The van der Waals surface area contributed by atoms with Crippen molar-refractivity contribution in [2.24, 2.45) is 5.73 Å². The lowest BCUT2D eigenvalue weighted by Crippen LogP contribution is -2.43. The van der Waals surface area contributed by atoms with E-state index in [0.717, 1.165) is 29.7 Å². The van der Waals surface area contributed by atoms with Crippen molar-refractivity contribution in [2.75, 3.05) is 6.61 Å². The third kappa shape index (κ3) is 3.47. The second-order valence-electron chi connectivity index (χ2n) is 6.06. The maximum absolute atomic E-state index is 11.7. The zero-order chi connectivity index (χ0) is 14.0. The zero-order valence-corrected chi connectivity index (χ0v) is 11.8. The minimum Gasteiger partial charge on any atom is -0.483 e. The molecular weight excluding hydrogens is 240 g/mol. The quantitative estimate of drug-likeness (QED) is 0.874. The van der Waals surface area contributed by atoms with Gasteiger partial charge in [-0.1, -0.05) is 12.1 Å². The number of benzene rings is 1. The molecule has 1 aromatic carbocycles. The van der Waals surface area contributed by atoms with Crippen LogP contribution in [0, 0.1) is 0 Å². The van der Waals surface area contributed by atoms with Crippen LogP contribution in [0.2, 0.25) is 0 Å². The normalized spacial score (nSPS) is 18.0. The van der Waals surface area contributed by atoms with Gasteiger partial charge in [-0.05, 0) is 50.8 Å². The maximum Gasteiger partial charge on any atom is 0.258 e. The van der Waals surface area contributed by atoms with E-state index in [1.165, 1.54) is 0 Å². The molecule has 4 heteroatoms. The van der Waals surface area contributed by atoms with Gasteiger partial charge in [0.1, 0.15) is 5.75 Å². The summed E-state index contributed by atoms with van der Waals surface area (Å²) in [5.41, 5.74) is 8.08. The topological polar surface area (TPSA) is 64.3 Å². The minimum absolute atomic E-state index is 0.0446. The summed E-state index contributed by atoms with van der Waals surface area (Å²) >= 11 is 0. The second kappa shape index (κ2) is 5.21. The molecule has 0 heterocycles. The second-order valence-corrected chi connectivity index (χ2v) is 6.06. The van der Waals surface area contributed by atoms with Crippen molar-refractivity contribution in [3.63, 3.8) is 0 Å². The fourth-order valence-corrected chi connectivity index (χ4v) is 2.39. The average Bonchev–Trinajstić information content (AvgIpc) is 2.67. The van der Waals surface area contributed by atoms with Gasteiger partial charge in [0, 0.05) is 11.6 Å². The van der Waals surface area contributed by atoms with E-state index in [1.807, 2.05) is 39.0 Å². The van der Waals surface area contributed by atoms with Gasteiger partial charge in [0.25, 0.3) is 5.91 Å². The van der Waals surface area contributed by atoms with Gasteiger partial charge < -0.3 is 15.8 Å². The fourth-order valence-electron chi connectivity index (χ4n) is 2.39. The smallest absolute Gasteiger partial charge is 0.258 e. The molecule has 1 unspecified atom stereocenters. The van der Waals surface area contributed by atoms with Crippen LogP contribution in [-0.4, -0.2) is 18.1 Å². The molecule has 1 amide bonds. The van der Waals surface area contributed by atoms with E-state index in [1.54, 1.807) is 0 Å². The predicted molar refractivity (Wildman–Crippen MR) is 75.1 cm³/mol. The first kappa shape index (κ1) is 13.9. The molecule has 3 N–H and O–H groups in total. The Bertz CT molecular complexity index is 478. The van der Waals surface area contributed by atoms with Crippen molar-refractivity contribution in [1.82, 2.24) is 5.32 Å². The highest BCUT2D eigenvalue weighted by atomic mass is 16.5. The summed E-state index contributed by atoms with van der Waals surface area (Å²) in [5, 5.41) is 2.88. The number of hydrogen-bond donors (Lipinski definition) is 2. The molecule has 1 aromatic rings. The Balaban J connectivity index is 2.00. The van der Waals surface area contributed by atoms with Crippen molar-refractivity contribution in [3.05, 3.63) is 29.3 Å². The first-order chi connectivity index (χ1) is 8.87. The van der Waals surface area contributed by atoms with E-state index in [-0.39, 0.29) is 24.1 Å². The monoisotopic (exact) mass is 262 g/mol. The van der Waals surface area contributed by atoms with E-state index in [2.05, 4.69) is 5.32 Å². The van der Waals surface area contributed by atoms with Crippen molar-refractivity contribution in [1.29, 1.82) is 0 Å². The van der Waals surface area contributed by atoms with Crippen LogP contribution in [0.25, 0.3) is 0 Å². The summed E-state index contributed by atoms with van der Waals surface area (Å²) < 4.78 is 5.64. The van der Waals surface area contributed by atoms with Gasteiger partial charge >= 0.3 is 0 Å². The van der Waals surface area contributed by atoms with Crippen LogP contribution < -0.4 is 15.8 Å². The highest BCUT2D eigenvalue weighted by Crippen LogP contribution is 2.35. The minimum atomic E-state index is -0.235. The van der Waals surface area contributed by atoms with E-state index >= 15 is 0 Å². The summed E-state index contributed by atoms with van der Waals surface area (Å²) in [7, 11) is 0. The first-order valence-corrected chi connectivity index (χ1v) is 6.68. The Kier molecular flexibility index (Phi) is 3.80. The lowest BCUT2D eigenvalue weighted by atomic mass is 10.1. The molecule has 0 radical (unpaired) electrons. The summed E-state index contributed by atoms with van der Waals surface area (Å²) in [6.07, 6.45) is 1.87. The van der Waals surface area contributed by atoms with Crippen LogP contribution in [0.5, 0.6) is 5.75 Å². The van der Waals surface area contributed by atoms with E-state index < -0.39 is 0 Å². The average molecular weight is 262 g/mol. The largest absolute Gasteiger partial charge is 0.483 e. The standard InChI is InChI=1S/C15H22N2O2/c1-15(2,3)17-14(18)9-19-13-6-4-5-10-11(13)7-8-12(10)16/h4-6,12H,7-9,16H2,1-3H3,(H,17,18). The molecule has 0 bridgehead atoms. The number of rotatable bonds is 3. The van der Waals surface area contributed by atoms with Crippen LogP contribution >= 0.6 is 0 Å². The van der Waals surface area contributed by atoms with Crippen LogP contribution in [0.15, 0.2) is 18.2 Å². The third-order valence-corrected chi connectivity index (χ3v) is 3.15. The fraction of sp³-hybridized carbons (Fsp3) is 0.533. The number of carbonyl (C=O) groups excluding carboxylic acids is 1. The number of amides is 1. The Morgan fingerprint density at radius 1 is 1.47 bits per heavy atom. The number of carbonyl (C=O) groups is 1. The molecule has 0 saturated carbocycles. The molecule has 1 atom stereocenters. The van der Waals surface area contributed by atoms with Gasteiger partial charge in [-0.3, -0.25) is 4.79 Å². The van der Waals surface area contributed by atoms with Crippen LogP contribution in [-0.2, 0) is 11.2 Å². The Morgan fingerprint density at radius 3 is 2.89 bits per heavy atom. The number of hydrogen-bond acceptors (Lipinski definition) is 3. The molecule has 0 aliphatic heterocycles. The maximum atomic E-state index is 11.7. The molecule has 0 aromatic heterocycles. The van der Waals surface area contributed by atoms with Gasteiger partial charge in [-0.15, -0.1) is 0 Å². The highest BCUT2D eigenvalue weighted by Gasteiger charge is 2.22. The SMILES string of the molecule is CC(C)(C)NC(=O)COc1cccc2c1CCC2N. The summed E-state index contributed by atoms with van der Waals surface area (Å²) in [6.45, 7) is 5.89. The summed E-state index contributed by atoms with van der Waals surface area (Å²) in [5.74, 6) is 0.682. The van der Waals surface area contributed by atoms with Gasteiger partial charge in [0.05, 0.1) is 0 Å². The highest BCUT2D eigenvalue weighted by molar-refractivity contribution is 5.78. The lowest BCUT2D eigenvalue weighted by Gasteiger charge is -2.20. The number of nitrogens with one attached hydrogen (secondary N) is 1. The molecule has 0 saturated heterocycles. The third-order valence-electron chi connectivity index (χ3n) is 3.15. The Hall–Kier alpha value is -1.55. The van der Waals surface area contributed by atoms with Crippen molar-refractivity contribution < 1.29 is 9.53 Å². The predicted octanol–water partition coefficient (Wildman–Crippen LogP) is 1.93. The summed E-state index contributed by atoms with van der Waals surface area (Å²) in [4.78, 5) is 11.7. The molecular formula is C15H22N2O2. The van der Waals surface area contributed by atoms with Crippen molar-refractivity contribution in [3.8, 4) is 5.75 Å². The number of nitrogens with two attached hydrogens (primary N) is 1. The Morgan fingerprint density at radius 2 is 2.21 bits per heavy atom. The van der Waals surface area contributed by atoms with Crippen LogP contribution in [0.4, 0.5) is 0 Å². The number of ether oxygens (including phenoxy) is 1. The molecule has 1 aliphatic rings. The van der Waals surface area contributed by atoms with Gasteiger partial charge in [-0.2, -0.15) is 0 Å². The first-order valence-electron chi connectivity index (χ1n) is 6.68. The zero-order valence-electron chi connectivity index (χ0n) is 11.8. The molecule has 104 valence electrons. The van der Waals surface area contributed by atoms with E-state index in [0.29, 0.717) is 0 Å².